The Labute approximate surface area is 517 Å². The lowest BCUT2D eigenvalue weighted by atomic mass is 9.92. The molecule has 3 aromatic rings. The second-order valence-corrected chi connectivity index (χ2v) is 23.5. The molecule has 15 atom stereocenters. The summed E-state index contributed by atoms with van der Waals surface area (Å²) < 4.78 is 51.9. The van der Waals surface area contributed by atoms with E-state index in [1.54, 1.807) is 17.0 Å². The molecule has 4 saturated heterocycles. The lowest BCUT2D eigenvalue weighted by molar-refractivity contribution is -0.349. The van der Waals surface area contributed by atoms with Gasteiger partial charge in [-0.25, -0.2) is 4.79 Å². The molecule has 0 bridgehead atoms. The molecule has 35 heteroatoms. The molecule has 6 amide bonds. The highest BCUT2D eigenvalue weighted by atomic mass is 33.1. The number of para-hydroxylation sites is 1. The summed E-state index contributed by atoms with van der Waals surface area (Å²) in [5, 5.41) is 114. The third-order valence-corrected chi connectivity index (χ3v) is 17.3. The van der Waals surface area contributed by atoms with Crippen molar-refractivity contribution in [1.29, 1.82) is 0 Å². The number of hydrogen-bond donors (Lipinski definition) is 14. The Kier molecular flexibility index (Phi) is 25.1. The van der Waals surface area contributed by atoms with E-state index in [2.05, 4.69) is 31.6 Å². The summed E-state index contributed by atoms with van der Waals surface area (Å²) in [6.45, 7) is -0.353. The average Bonchev–Trinajstić information content (AvgIpc) is 1.54. The Bertz CT molecular complexity index is 2940. The number of alkyl carbamates (subject to hydrolysis) is 1. The zero-order valence-corrected chi connectivity index (χ0v) is 49.3. The van der Waals surface area contributed by atoms with E-state index in [-0.39, 0.29) is 108 Å². The molecule has 8 rings (SSSR count). The van der Waals surface area contributed by atoms with E-state index in [0.717, 1.165) is 21.1 Å². The van der Waals surface area contributed by atoms with Crippen LogP contribution in [0.15, 0.2) is 48.5 Å². The number of piperidine rings is 1. The van der Waals surface area contributed by atoms with E-state index in [9.17, 15) is 79.5 Å². The first-order valence-electron chi connectivity index (χ1n) is 28.9. The molecule has 14 N–H and O–H groups in total. The number of amides is 6. The number of nitrogens with one attached hydrogen (secondary N) is 5. The molecule has 89 heavy (non-hydrogen) atoms. The Morgan fingerprint density at radius 3 is 2.07 bits per heavy atom. The van der Waals surface area contributed by atoms with Crippen LogP contribution < -0.4 is 26.2 Å². The highest BCUT2D eigenvalue weighted by molar-refractivity contribution is 8.76. The fourth-order valence-corrected chi connectivity index (χ4v) is 12.1. The number of nitrogens with zero attached hydrogens (tertiary/aromatic N) is 4. The zero-order chi connectivity index (χ0) is 64.6. The highest BCUT2D eigenvalue weighted by Crippen LogP contribution is 2.40. The van der Waals surface area contributed by atoms with Gasteiger partial charge in [-0.05, 0) is 11.6 Å². The number of esters is 1. The number of aromatic amines is 1. The molecule has 0 spiro atoms. The Morgan fingerprint density at radius 1 is 0.663 bits per heavy atom. The van der Waals surface area contributed by atoms with Gasteiger partial charge in [0.1, 0.15) is 92.2 Å². The van der Waals surface area contributed by atoms with Gasteiger partial charge in [0.2, 0.25) is 17.7 Å². The minimum Gasteiger partial charge on any atom is -0.463 e. The quantitative estimate of drug-likeness (QED) is 0.0128. The van der Waals surface area contributed by atoms with E-state index in [1.807, 2.05) is 36.4 Å². The topological polar surface area (TPSA) is 472 Å². The van der Waals surface area contributed by atoms with Crippen LogP contribution in [-0.2, 0) is 73.2 Å². The van der Waals surface area contributed by atoms with Gasteiger partial charge in [-0.1, -0.05) is 69.3 Å². The molecule has 6 heterocycles. The minimum absolute atomic E-state index is 0.0281. The smallest absolute Gasteiger partial charge is 0.407 e. The summed E-state index contributed by atoms with van der Waals surface area (Å²) >= 11 is 0. The molecule has 490 valence electrons. The van der Waals surface area contributed by atoms with Gasteiger partial charge in [0, 0.05) is 61.5 Å². The number of H-pyrrole nitrogens is 1. The van der Waals surface area contributed by atoms with Gasteiger partial charge in [-0.15, -0.1) is 5.10 Å². The predicted molar refractivity (Wildman–Crippen MR) is 306 cm³/mol. The van der Waals surface area contributed by atoms with Crippen molar-refractivity contribution in [2.24, 2.45) is 0 Å². The lowest BCUT2D eigenvalue weighted by Gasteiger charge is -2.45. The molecule has 0 aliphatic carbocycles. The SMILES string of the molecule is [3H]n1nnc2c1-c1ccccc1CN(C(=O)CCC(=O)NCCOCCOCCOCCOC(=O)NC[C@H]1O[C@@H](O[C@H]3[C@H](O)[C@@H](O)[C@H](O)O[C@@H]3CNC(=O)CCSSCCC(=O)OC[C@@H]3[C@@H](O)[C@H](O)[C@H](O)[C@H]4NC(=O)C(=O)N34)[C@H](O)[C@@H](O)[C@@H]1O)c1ccccc1-2. The first-order chi connectivity index (χ1) is 43.2. The number of aliphatic hydroxyl groups is 9. The van der Waals surface area contributed by atoms with Crippen molar-refractivity contribution in [3.8, 4) is 22.5 Å². The number of benzene rings is 2. The van der Waals surface area contributed by atoms with Gasteiger partial charge in [0.15, 0.2) is 14.0 Å². The monoisotopic (exact) mass is 1300 g/mol. The fraction of sp³-hybridized carbons (Fsp3) is 0.611. The van der Waals surface area contributed by atoms with E-state index in [0.29, 0.717) is 22.6 Å². The molecule has 0 radical (unpaired) electrons. The lowest BCUT2D eigenvalue weighted by Crippen LogP contribution is -2.68. The molecule has 33 nitrogen and oxygen atoms in total. The van der Waals surface area contributed by atoms with Crippen LogP contribution in [-0.4, -0.2) is 284 Å². The Hall–Kier alpha value is -6.23. The molecule has 5 aliphatic heterocycles. The van der Waals surface area contributed by atoms with Crippen molar-refractivity contribution in [3.63, 3.8) is 0 Å². The van der Waals surface area contributed by atoms with Crippen molar-refractivity contribution < 1.29 is 119 Å². The van der Waals surface area contributed by atoms with Gasteiger partial charge in [0.05, 0.1) is 70.0 Å². The van der Waals surface area contributed by atoms with Crippen LogP contribution in [0.4, 0.5) is 10.5 Å². The van der Waals surface area contributed by atoms with Crippen molar-refractivity contribution in [2.45, 2.75) is 124 Å². The Morgan fingerprint density at radius 2 is 1.31 bits per heavy atom. The third kappa shape index (κ3) is 17.8. The summed E-state index contributed by atoms with van der Waals surface area (Å²) in [7, 11) is 2.42. The molecule has 0 saturated carbocycles. The number of aliphatic hydroxyl groups excluding tert-OH is 9. The molecule has 1 aromatic heterocycles. The number of aromatic nitrogens is 3. The normalized spacial score (nSPS) is 28.2. The number of rotatable bonds is 30. The van der Waals surface area contributed by atoms with Crippen LogP contribution in [0.5, 0.6) is 0 Å². The van der Waals surface area contributed by atoms with E-state index in [1.165, 1.54) is 21.6 Å². The highest BCUT2D eigenvalue weighted by Gasteiger charge is 2.56. The average molecular weight is 1300 g/mol. The zero-order valence-electron chi connectivity index (χ0n) is 48.7. The van der Waals surface area contributed by atoms with Gasteiger partial charge in [-0.2, -0.15) is 0 Å². The second kappa shape index (κ2) is 33.2. The molecule has 5 aliphatic rings. The van der Waals surface area contributed by atoms with Crippen molar-refractivity contribution >= 4 is 68.9 Å². The number of carbonyl (C=O) groups is 7. The second-order valence-electron chi connectivity index (χ2n) is 20.8. The maximum Gasteiger partial charge on any atom is 0.407 e. The van der Waals surface area contributed by atoms with E-state index >= 15 is 0 Å². The van der Waals surface area contributed by atoms with Crippen LogP contribution in [0.2, 0.25) is 1.41 Å². The fourth-order valence-electron chi connectivity index (χ4n) is 10.1. The number of anilines is 1. The summed E-state index contributed by atoms with van der Waals surface area (Å²) in [5.41, 5.74) is 3.77. The predicted octanol–water partition coefficient (Wildman–Crippen LogP) is -5.14. The van der Waals surface area contributed by atoms with Crippen LogP contribution in [0.1, 0.15) is 31.2 Å². The summed E-state index contributed by atoms with van der Waals surface area (Å²) in [4.78, 5) is 90.7. The molecule has 4 fully saturated rings. The van der Waals surface area contributed by atoms with Gasteiger partial charge in [-0.3, -0.25) is 33.9 Å². The van der Waals surface area contributed by atoms with E-state index in [4.69, 9.17) is 39.3 Å². The van der Waals surface area contributed by atoms with Crippen LogP contribution >= 0.6 is 21.6 Å². The van der Waals surface area contributed by atoms with Gasteiger partial charge >= 0.3 is 23.9 Å². The van der Waals surface area contributed by atoms with Gasteiger partial charge in [0.25, 0.3) is 0 Å². The van der Waals surface area contributed by atoms with E-state index < -0.39 is 141 Å². The van der Waals surface area contributed by atoms with Crippen molar-refractivity contribution in [2.75, 3.05) is 88.9 Å². The molecule has 0 unspecified atom stereocenters. The molecular weight excluding hydrogens is 1220 g/mol. The maximum absolute atomic E-state index is 13.7. The van der Waals surface area contributed by atoms with Crippen LogP contribution in [0.3, 0.4) is 0 Å². The first-order valence-corrected chi connectivity index (χ1v) is 31.0. The standard InChI is InChI=1S/C54H73N9O24S2/c64-34(9-10-36(66)62-25-27-5-1-2-6-28(27)38-39(60-61-59-38)29-7-3-4-8-30(29)62)55-13-14-80-15-16-81-17-18-82-19-20-83-54(79)57-23-32-41(69)43(71)47(75)53(86-32)87-48-33(85-52(78)46(74)44(48)72)24-56-35(65)11-21-88-89-22-12-37(67)84-26-31-40(68)42(70)45(73)49-58-50(76)51(77)63(31)49/h1-8,31-33,40-49,52-53,68-75,78H,9-26H2,(H,55,64)(H,56,65)(H,57,79)(H,58,76)(H,59,60,61)/t31-,32-,33-,40-,41-,42+,43+,44-,45+,46-,47-,48-,49+,52-,53+/m1/s1/i/hT. The van der Waals surface area contributed by atoms with Crippen LogP contribution in [0, 0.1) is 0 Å². The van der Waals surface area contributed by atoms with Crippen molar-refractivity contribution in [1.82, 2.24) is 41.6 Å². The number of carbonyl (C=O) groups excluding carboxylic acids is 7. The van der Waals surface area contributed by atoms with Gasteiger partial charge < -0.3 is 115 Å². The van der Waals surface area contributed by atoms with Crippen molar-refractivity contribution in [3.05, 3.63) is 54.1 Å². The first kappa shape index (κ1) is 67.2. The Balaban J connectivity index is 0.645. The number of fused-ring (bicyclic) bond motifs is 6. The number of ether oxygens (including phenoxy) is 8. The van der Waals surface area contributed by atoms with Crippen LogP contribution in [0.25, 0.3) is 22.5 Å². The summed E-state index contributed by atoms with van der Waals surface area (Å²) in [5.74, 6) is -3.55. The summed E-state index contributed by atoms with van der Waals surface area (Å²) in [6.07, 6.45) is -25.4. The summed E-state index contributed by atoms with van der Waals surface area (Å²) in [6, 6.07) is 13.4. The molecule has 2 aromatic carbocycles. The number of hydrogen-bond acceptors (Lipinski definition) is 28. The third-order valence-electron chi connectivity index (χ3n) is 14.9. The minimum atomic E-state index is -1.95. The largest absolute Gasteiger partial charge is 0.463 e. The maximum atomic E-state index is 13.7. The molecular formula is C54H73N9O24S2.